The van der Waals surface area contributed by atoms with Gasteiger partial charge in [-0.1, -0.05) is 30.3 Å². The number of nitrogens with zero attached hydrogens (tertiary/aromatic N) is 1. The largest absolute Gasteiger partial charge is 0.399 e. The lowest BCUT2D eigenvalue weighted by molar-refractivity contribution is 0.235. The van der Waals surface area contributed by atoms with Gasteiger partial charge in [0.15, 0.2) is 0 Å². The van der Waals surface area contributed by atoms with Crippen LogP contribution in [0.1, 0.15) is 5.69 Å². The minimum atomic E-state index is -3.88. The Bertz CT molecular complexity index is 662. The van der Waals surface area contributed by atoms with E-state index < -0.39 is 10.4 Å². The van der Waals surface area contributed by atoms with E-state index in [9.17, 15) is 8.42 Å². The number of rotatable bonds is 6. The Morgan fingerprint density at radius 3 is 2.45 bits per heavy atom. The van der Waals surface area contributed by atoms with Crippen molar-refractivity contribution in [2.45, 2.75) is 13.5 Å². The molecule has 0 aliphatic carbocycles. The summed E-state index contributed by atoms with van der Waals surface area (Å²) in [7, 11) is -2.80. The first-order chi connectivity index (χ1) is 9.53. The number of aryl methyl sites for hydroxylation is 1. The fraction of sp³-hybridized carbons (Fsp3) is 0.286. The van der Waals surface area contributed by atoms with Crippen molar-refractivity contribution in [3.8, 4) is 11.3 Å². The van der Waals surface area contributed by atoms with Crippen molar-refractivity contribution in [3.63, 3.8) is 0 Å². The average Bonchev–Trinajstić information content (AvgIpc) is 2.81. The molecule has 1 aromatic carbocycles. The SMILES string of the molecule is COS(=O)(=O)OCCn1c(C)ccc1-c1ccccc1. The molecule has 0 atom stereocenters. The van der Waals surface area contributed by atoms with Gasteiger partial charge < -0.3 is 4.57 Å². The van der Waals surface area contributed by atoms with Crippen LogP contribution in [0.15, 0.2) is 42.5 Å². The van der Waals surface area contributed by atoms with E-state index in [-0.39, 0.29) is 6.61 Å². The third-order valence-electron chi connectivity index (χ3n) is 3.02. The summed E-state index contributed by atoms with van der Waals surface area (Å²) in [6.07, 6.45) is 0. The first-order valence-corrected chi connectivity index (χ1v) is 7.53. The highest BCUT2D eigenvalue weighted by molar-refractivity contribution is 7.81. The molecule has 0 N–H and O–H groups in total. The van der Waals surface area contributed by atoms with Crippen LogP contribution >= 0.6 is 0 Å². The summed E-state index contributed by atoms with van der Waals surface area (Å²) in [4.78, 5) is 0. The van der Waals surface area contributed by atoms with Gasteiger partial charge in [0.1, 0.15) is 0 Å². The second-order valence-corrected chi connectivity index (χ2v) is 5.66. The molecule has 0 radical (unpaired) electrons. The molecule has 0 aliphatic rings. The molecule has 1 heterocycles. The lowest BCUT2D eigenvalue weighted by atomic mass is 10.1. The maximum absolute atomic E-state index is 11.1. The van der Waals surface area contributed by atoms with Crippen molar-refractivity contribution >= 4 is 10.4 Å². The molecule has 0 aliphatic heterocycles. The molecule has 0 spiro atoms. The Labute approximate surface area is 119 Å². The predicted molar refractivity (Wildman–Crippen MR) is 76.5 cm³/mol. The van der Waals surface area contributed by atoms with E-state index in [1.165, 1.54) is 0 Å². The van der Waals surface area contributed by atoms with Crippen LogP contribution in [0.4, 0.5) is 0 Å². The molecule has 0 saturated carbocycles. The third kappa shape index (κ3) is 3.47. The van der Waals surface area contributed by atoms with Crippen molar-refractivity contribution in [1.82, 2.24) is 4.57 Å². The monoisotopic (exact) mass is 295 g/mol. The van der Waals surface area contributed by atoms with Gasteiger partial charge in [-0.05, 0) is 24.6 Å². The van der Waals surface area contributed by atoms with Crippen LogP contribution < -0.4 is 0 Å². The molecule has 2 rings (SSSR count). The maximum Gasteiger partial charge on any atom is 0.399 e. The topological polar surface area (TPSA) is 57.5 Å². The summed E-state index contributed by atoms with van der Waals surface area (Å²) < 4.78 is 33.2. The Hall–Kier alpha value is -1.63. The molecule has 5 nitrogen and oxygen atoms in total. The molecule has 2 aromatic rings. The van der Waals surface area contributed by atoms with Gasteiger partial charge in [0.25, 0.3) is 0 Å². The minimum absolute atomic E-state index is 0.0333. The lowest BCUT2D eigenvalue weighted by Crippen LogP contribution is -2.14. The van der Waals surface area contributed by atoms with E-state index in [2.05, 4.69) is 4.18 Å². The molecule has 1 aromatic heterocycles. The normalized spacial score (nSPS) is 11.7. The molecule has 6 heteroatoms. The molecule has 0 fully saturated rings. The highest BCUT2D eigenvalue weighted by atomic mass is 32.3. The Morgan fingerprint density at radius 1 is 1.10 bits per heavy atom. The zero-order chi connectivity index (χ0) is 14.6. The second kappa shape index (κ2) is 6.21. The van der Waals surface area contributed by atoms with Gasteiger partial charge in [0, 0.05) is 17.9 Å². The van der Waals surface area contributed by atoms with Gasteiger partial charge in [-0.15, -0.1) is 0 Å². The van der Waals surface area contributed by atoms with Gasteiger partial charge in [-0.2, -0.15) is 8.42 Å². The summed E-state index contributed by atoms with van der Waals surface area (Å²) in [5.74, 6) is 0. The molecule has 0 unspecified atom stereocenters. The smallest absolute Gasteiger partial charge is 0.343 e. The molecular weight excluding hydrogens is 278 g/mol. The predicted octanol–water partition coefficient (Wildman–Crippen LogP) is 2.37. The number of aromatic nitrogens is 1. The summed E-state index contributed by atoms with van der Waals surface area (Å²) in [5.41, 5.74) is 3.15. The fourth-order valence-electron chi connectivity index (χ4n) is 2.01. The number of hydrogen-bond donors (Lipinski definition) is 0. The fourth-order valence-corrected chi connectivity index (χ4v) is 2.38. The molecule has 0 bridgehead atoms. The van der Waals surface area contributed by atoms with Crippen LogP contribution in [0.3, 0.4) is 0 Å². The molecule has 20 heavy (non-hydrogen) atoms. The molecule has 108 valence electrons. The molecule has 0 amide bonds. The quantitative estimate of drug-likeness (QED) is 0.821. The van der Waals surface area contributed by atoms with E-state index in [0.717, 1.165) is 24.1 Å². The van der Waals surface area contributed by atoms with Crippen molar-refractivity contribution in [2.24, 2.45) is 0 Å². The Kier molecular flexibility index (Phi) is 4.59. The molecular formula is C14H17NO4S. The zero-order valence-corrected chi connectivity index (χ0v) is 12.3. The van der Waals surface area contributed by atoms with Crippen LogP contribution in [0.5, 0.6) is 0 Å². The van der Waals surface area contributed by atoms with Crippen molar-refractivity contribution in [2.75, 3.05) is 13.7 Å². The highest BCUT2D eigenvalue weighted by Gasteiger charge is 2.11. The van der Waals surface area contributed by atoms with Crippen LogP contribution in [-0.4, -0.2) is 26.7 Å². The van der Waals surface area contributed by atoms with Gasteiger partial charge in [0.2, 0.25) is 0 Å². The number of benzene rings is 1. The van der Waals surface area contributed by atoms with Gasteiger partial charge in [-0.3, -0.25) is 4.18 Å². The van der Waals surface area contributed by atoms with Crippen molar-refractivity contribution < 1.29 is 16.8 Å². The van der Waals surface area contributed by atoms with E-state index >= 15 is 0 Å². The first-order valence-electron chi connectivity index (χ1n) is 6.20. The van der Waals surface area contributed by atoms with Crippen LogP contribution in [0.2, 0.25) is 0 Å². The number of hydrogen-bond acceptors (Lipinski definition) is 4. The van der Waals surface area contributed by atoms with E-state index in [1.54, 1.807) is 0 Å². The maximum atomic E-state index is 11.1. The molecule has 0 saturated heterocycles. The van der Waals surface area contributed by atoms with Crippen LogP contribution in [0.25, 0.3) is 11.3 Å². The van der Waals surface area contributed by atoms with Crippen LogP contribution in [-0.2, 0) is 25.3 Å². The van der Waals surface area contributed by atoms with Gasteiger partial charge in [-0.25, -0.2) is 4.18 Å². The van der Waals surface area contributed by atoms with Gasteiger partial charge >= 0.3 is 10.4 Å². The Morgan fingerprint density at radius 2 is 1.80 bits per heavy atom. The first kappa shape index (κ1) is 14.8. The standard InChI is InChI=1S/C14H17NO4S/c1-12-8-9-14(13-6-4-3-5-7-13)15(12)10-11-19-20(16,17)18-2/h3-9H,10-11H2,1-2H3. The second-order valence-electron chi connectivity index (χ2n) is 4.27. The van der Waals surface area contributed by atoms with Crippen LogP contribution in [0, 0.1) is 6.92 Å². The minimum Gasteiger partial charge on any atom is -0.343 e. The Balaban J connectivity index is 2.15. The summed E-state index contributed by atoms with van der Waals surface area (Å²) >= 11 is 0. The van der Waals surface area contributed by atoms with E-state index in [4.69, 9.17) is 4.18 Å². The average molecular weight is 295 g/mol. The summed E-state index contributed by atoms with van der Waals surface area (Å²) in [6, 6.07) is 13.9. The summed E-state index contributed by atoms with van der Waals surface area (Å²) in [5, 5.41) is 0. The van der Waals surface area contributed by atoms with Crippen molar-refractivity contribution in [1.29, 1.82) is 0 Å². The van der Waals surface area contributed by atoms with Gasteiger partial charge in [0.05, 0.1) is 13.7 Å². The highest BCUT2D eigenvalue weighted by Crippen LogP contribution is 2.22. The lowest BCUT2D eigenvalue weighted by Gasteiger charge is -2.11. The van der Waals surface area contributed by atoms with Crippen molar-refractivity contribution in [3.05, 3.63) is 48.2 Å². The van der Waals surface area contributed by atoms with E-state index in [0.29, 0.717) is 6.54 Å². The zero-order valence-electron chi connectivity index (χ0n) is 11.4. The summed E-state index contributed by atoms with van der Waals surface area (Å²) in [6.45, 7) is 2.44. The van der Waals surface area contributed by atoms with E-state index in [1.807, 2.05) is 54.0 Å². The third-order valence-corrected chi connectivity index (χ3v) is 3.88.